The van der Waals surface area contributed by atoms with Gasteiger partial charge in [0, 0.05) is 30.7 Å². The molecule has 2 aromatic heterocycles. The zero-order chi connectivity index (χ0) is 19.2. The number of hydrogen-bond donors (Lipinski definition) is 2. The number of nitrogens with zero attached hydrogens (tertiary/aromatic N) is 3. The van der Waals surface area contributed by atoms with Gasteiger partial charge in [-0.05, 0) is 30.2 Å². The monoisotopic (exact) mass is 385 g/mol. The normalized spacial score (nSPS) is 10.4. The van der Waals surface area contributed by atoms with Gasteiger partial charge in [-0.15, -0.1) is 11.3 Å². The molecule has 1 aromatic carbocycles. The number of hydrogen-bond acceptors (Lipinski definition) is 6. The summed E-state index contributed by atoms with van der Waals surface area (Å²) in [5, 5.41) is 7.69. The van der Waals surface area contributed by atoms with Crippen LogP contribution in [0, 0.1) is 5.82 Å². The van der Waals surface area contributed by atoms with E-state index in [9.17, 15) is 14.0 Å². The molecule has 7 nitrogen and oxygen atoms in total. The zero-order valence-electron chi connectivity index (χ0n) is 14.4. The molecule has 0 fully saturated rings. The molecule has 0 aliphatic rings. The summed E-state index contributed by atoms with van der Waals surface area (Å²) in [5.74, 6) is -1.07. The summed E-state index contributed by atoms with van der Waals surface area (Å²) in [4.78, 5) is 36.1. The standard InChI is InChI=1S/C18H16FN5O2S/c1-20-16(25)5-2-11-8-12(3-4-13(11)19)24-17(26)14-9-23-15(10-22-14)18-21-6-7-27-18/h3-4,6-10H,2,5H2,1H3,(H,20,25)(H,24,26). The van der Waals surface area contributed by atoms with E-state index < -0.39 is 11.7 Å². The Hall–Kier alpha value is -3.20. The first-order chi connectivity index (χ1) is 13.1. The highest BCUT2D eigenvalue weighted by Crippen LogP contribution is 2.19. The molecular formula is C18H16FN5O2S. The van der Waals surface area contributed by atoms with Crippen molar-refractivity contribution in [1.82, 2.24) is 20.3 Å². The third-order valence-corrected chi connectivity index (χ3v) is 4.54. The molecule has 0 atom stereocenters. The molecule has 0 radical (unpaired) electrons. The highest BCUT2D eigenvalue weighted by molar-refractivity contribution is 7.13. The van der Waals surface area contributed by atoms with E-state index in [2.05, 4.69) is 25.6 Å². The molecule has 0 aliphatic carbocycles. The second-order valence-electron chi connectivity index (χ2n) is 5.56. The molecule has 2 amide bonds. The molecule has 138 valence electrons. The number of aromatic nitrogens is 3. The predicted molar refractivity (Wildman–Crippen MR) is 99.9 cm³/mol. The van der Waals surface area contributed by atoms with Crippen LogP contribution in [0.4, 0.5) is 10.1 Å². The van der Waals surface area contributed by atoms with Crippen molar-refractivity contribution in [2.24, 2.45) is 0 Å². The number of halogens is 1. The number of carbonyl (C=O) groups is 2. The van der Waals surface area contributed by atoms with Crippen LogP contribution in [-0.4, -0.2) is 33.8 Å². The van der Waals surface area contributed by atoms with E-state index in [1.165, 1.54) is 49.0 Å². The van der Waals surface area contributed by atoms with E-state index in [-0.39, 0.29) is 24.4 Å². The van der Waals surface area contributed by atoms with Crippen LogP contribution in [-0.2, 0) is 11.2 Å². The lowest BCUT2D eigenvalue weighted by Crippen LogP contribution is -2.18. The maximum Gasteiger partial charge on any atom is 0.275 e. The van der Waals surface area contributed by atoms with Crippen molar-refractivity contribution in [3.63, 3.8) is 0 Å². The van der Waals surface area contributed by atoms with Crippen molar-refractivity contribution in [3.05, 3.63) is 59.2 Å². The van der Waals surface area contributed by atoms with Crippen molar-refractivity contribution in [1.29, 1.82) is 0 Å². The van der Waals surface area contributed by atoms with Gasteiger partial charge in [0.15, 0.2) is 0 Å². The fourth-order valence-corrected chi connectivity index (χ4v) is 2.92. The maximum atomic E-state index is 13.9. The van der Waals surface area contributed by atoms with Gasteiger partial charge >= 0.3 is 0 Å². The molecule has 3 aromatic rings. The average molecular weight is 385 g/mol. The average Bonchev–Trinajstić information content (AvgIpc) is 3.23. The first-order valence-electron chi connectivity index (χ1n) is 8.09. The highest BCUT2D eigenvalue weighted by atomic mass is 32.1. The van der Waals surface area contributed by atoms with Crippen LogP contribution in [0.3, 0.4) is 0 Å². The van der Waals surface area contributed by atoms with Gasteiger partial charge in [0.25, 0.3) is 5.91 Å². The highest BCUT2D eigenvalue weighted by Gasteiger charge is 2.12. The van der Waals surface area contributed by atoms with E-state index in [4.69, 9.17) is 0 Å². The molecule has 2 heterocycles. The molecule has 0 spiro atoms. The minimum atomic E-state index is -0.461. The van der Waals surface area contributed by atoms with Crippen LogP contribution in [0.2, 0.25) is 0 Å². The van der Waals surface area contributed by atoms with Gasteiger partial charge in [-0.2, -0.15) is 0 Å². The van der Waals surface area contributed by atoms with Gasteiger partial charge < -0.3 is 10.6 Å². The Morgan fingerprint density at radius 3 is 2.70 bits per heavy atom. The summed E-state index contributed by atoms with van der Waals surface area (Å²) < 4.78 is 13.9. The molecule has 2 N–H and O–H groups in total. The Kier molecular flexibility index (Phi) is 5.82. The number of carbonyl (C=O) groups excluding carboxylic acids is 2. The summed E-state index contributed by atoms with van der Waals surface area (Å²) in [6.45, 7) is 0. The third kappa shape index (κ3) is 4.70. The lowest BCUT2D eigenvalue weighted by Gasteiger charge is -2.08. The van der Waals surface area contributed by atoms with Crippen molar-refractivity contribution in [3.8, 4) is 10.7 Å². The van der Waals surface area contributed by atoms with Crippen LogP contribution in [0.5, 0.6) is 0 Å². The maximum absolute atomic E-state index is 13.9. The summed E-state index contributed by atoms with van der Waals surface area (Å²) in [6.07, 6.45) is 4.90. The Morgan fingerprint density at radius 2 is 2.04 bits per heavy atom. The van der Waals surface area contributed by atoms with Crippen molar-refractivity contribution in [2.45, 2.75) is 12.8 Å². The Labute approximate surface area is 158 Å². The zero-order valence-corrected chi connectivity index (χ0v) is 15.2. The van der Waals surface area contributed by atoms with Gasteiger partial charge in [-0.25, -0.2) is 19.3 Å². The molecule has 0 aliphatic heterocycles. The molecule has 9 heteroatoms. The number of anilines is 1. The van der Waals surface area contributed by atoms with Crippen LogP contribution in [0.15, 0.2) is 42.2 Å². The third-order valence-electron chi connectivity index (χ3n) is 3.74. The number of thiazole rings is 1. The SMILES string of the molecule is CNC(=O)CCc1cc(NC(=O)c2cnc(-c3nccs3)cn2)ccc1F. The Bertz CT molecular complexity index is 945. The molecule has 3 rings (SSSR count). The Balaban J connectivity index is 1.69. The van der Waals surface area contributed by atoms with E-state index >= 15 is 0 Å². The second-order valence-corrected chi connectivity index (χ2v) is 6.45. The molecule has 0 saturated carbocycles. The van der Waals surface area contributed by atoms with E-state index in [0.717, 1.165) is 0 Å². The quantitative estimate of drug-likeness (QED) is 0.680. The first kappa shape index (κ1) is 18.6. The lowest BCUT2D eigenvalue weighted by atomic mass is 10.1. The lowest BCUT2D eigenvalue weighted by molar-refractivity contribution is -0.120. The van der Waals surface area contributed by atoms with Crippen molar-refractivity contribution in [2.75, 3.05) is 12.4 Å². The summed E-state index contributed by atoms with van der Waals surface area (Å²) in [6, 6.07) is 4.22. The second kappa shape index (κ2) is 8.45. The van der Waals surface area contributed by atoms with Gasteiger partial charge in [0.1, 0.15) is 22.2 Å². The minimum Gasteiger partial charge on any atom is -0.359 e. The fraction of sp³-hybridized carbons (Fsp3) is 0.167. The smallest absolute Gasteiger partial charge is 0.275 e. The van der Waals surface area contributed by atoms with Crippen LogP contribution in [0.1, 0.15) is 22.5 Å². The van der Waals surface area contributed by atoms with Crippen LogP contribution < -0.4 is 10.6 Å². The van der Waals surface area contributed by atoms with E-state index in [0.29, 0.717) is 22.0 Å². The Morgan fingerprint density at radius 1 is 1.19 bits per heavy atom. The van der Waals surface area contributed by atoms with Crippen molar-refractivity contribution >= 4 is 28.8 Å². The van der Waals surface area contributed by atoms with E-state index in [1.807, 2.05) is 5.38 Å². The number of rotatable bonds is 6. The summed E-state index contributed by atoms with van der Waals surface area (Å²) in [7, 11) is 1.52. The first-order valence-corrected chi connectivity index (χ1v) is 8.97. The van der Waals surface area contributed by atoms with Gasteiger partial charge in [0.2, 0.25) is 5.91 Å². The van der Waals surface area contributed by atoms with Crippen molar-refractivity contribution < 1.29 is 14.0 Å². The van der Waals surface area contributed by atoms with Gasteiger partial charge in [-0.1, -0.05) is 0 Å². The van der Waals surface area contributed by atoms with Crippen LogP contribution >= 0.6 is 11.3 Å². The van der Waals surface area contributed by atoms with E-state index in [1.54, 1.807) is 6.20 Å². The van der Waals surface area contributed by atoms with Gasteiger partial charge in [0.05, 0.1) is 12.4 Å². The predicted octanol–water partition coefficient (Wildman–Crippen LogP) is 2.67. The fourth-order valence-electron chi connectivity index (χ4n) is 2.32. The largest absolute Gasteiger partial charge is 0.359 e. The summed E-state index contributed by atoms with van der Waals surface area (Å²) >= 11 is 1.43. The molecule has 27 heavy (non-hydrogen) atoms. The molecular weight excluding hydrogens is 369 g/mol. The topological polar surface area (TPSA) is 96.9 Å². The number of amides is 2. The number of nitrogens with one attached hydrogen (secondary N) is 2. The van der Waals surface area contributed by atoms with Crippen LogP contribution in [0.25, 0.3) is 10.7 Å². The van der Waals surface area contributed by atoms with Gasteiger partial charge in [-0.3, -0.25) is 9.59 Å². The number of aryl methyl sites for hydroxylation is 1. The molecule has 0 unspecified atom stereocenters. The summed E-state index contributed by atoms with van der Waals surface area (Å²) in [5.41, 5.74) is 1.48. The number of benzene rings is 1. The minimum absolute atomic E-state index is 0.131. The molecule has 0 saturated heterocycles. The molecule has 0 bridgehead atoms.